The fourth-order valence-electron chi connectivity index (χ4n) is 5.22. The summed E-state index contributed by atoms with van der Waals surface area (Å²) in [5.41, 5.74) is 0.878. The molecule has 0 spiro atoms. The predicted octanol–water partition coefficient (Wildman–Crippen LogP) is 2.38. The standard InChI is InChI=1S/C32H49N7O6/c1-8-21(4)29-31(42)34-22(5)30-35-26(18-23-12-13-24(44-6)25(17-23)45-7)37-39(30)19-28(41)33-14-10-16-38(32(43)20(2)3)15-9-11-27(40)36-29/h12-13,17,20-22,29H,8-11,14-16,18-19H2,1-7H3,(H,33,41)(H,34,42)(H,36,40)/t21-,22+,29-/m0/s1. The minimum absolute atomic E-state index is 0.00347. The first-order valence-electron chi connectivity index (χ1n) is 15.8. The van der Waals surface area contributed by atoms with Crippen molar-refractivity contribution in [3.63, 3.8) is 0 Å². The normalized spacial score (nSPS) is 19.8. The number of carbonyl (C=O) groups excluding carboxylic acids is 4. The fourth-order valence-corrected chi connectivity index (χ4v) is 5.22. The lowest BCUT2D eigenvalue weighted by atomic mass is 9.97. The molecular formula is C32H49N7O6. The van der Waals surface area contributed by atoms with Crippen LogP contribution in [0, 0.1) is 11.8 Å². The number of nitrogens with one attached hydrogen (secondary N) is 3. The van der Waals surface area contributed by atoms with Crippen LogP contribution >= 0.6 is 0 Å². The molecule has 4 amide bonds. The molecule has 3 N–H and O–H groups in total. The average molecular weight is 628 g/mol. The molecule has 3 atom stereocenters. The van der Waals surface area contributed by atoms with Crippen molar-refractivity contribution in [2.45, 2.75) is 85.4 Å². The lowest BCUT2D eigenvalue weighted by Crippen LogP contribution is -2.51. The molecule has 0 fully saturated rings. The summed E-state index contributed by atoms with van der Waals surface area (Å²) in [6.07, 6.45) is 2.24. The van der Waals surface area contributed by atoms with E-state index in [9.17, 15) is 19.2 Å². The van der Waals surface area contributed by atoms with Crippen LogP contribution in [0.3, 0.4) is 0 Å². The Balaban J connectivity index is 1.91. The van der Waals surface area contributed by atoms with Gasteiger partial charge < -0.3 is 30.3 Å². The number of amides is 4. The second-order valence-corrected chi connectivity index (χ2v) is 11.9. The number of aromatic nitrogens is 3. The minimum atomic E-state index is -0.761. The van der Waals surface area contributed by atoms with E-state index in [1.165, 1.54) is 4.68 Å². The Morgan fingerprint density at radius 3 is 2.40 bits per heavy atom. The summed E-state index contributed by atoms with van der Waals surface area (Å²) in [5.74, 6) is 0.887. The molecule has 0 saturated carbocycles. The second kappa shape index (κ2) is 16.8. The number of fused-ring (bicyclic) bond motifs is 1. The largest absolute Gasteiger partial charge is 0.493 e. The zero-order chi connectivity index (χ0) is 33.1. The average Bonchev–Trinajstić information content (AvgIpc) is 3.41. The predicted molar refractivity (Wildman–Crippen MR) is 169 cm³/mol. The molecule has 3 rings (SSSR count). The summed E-state index contributed by atoms with van der Waals surface area (Å²) in [6, 6.07) is 4.17. The summed E-state index contributed by atoms with van der Waals surface area (Å²) >= 11 is 0. The molecule has 2 heterocycles. The van der Waals surface area contributed by atoms with Crippen molar-refractivity contribution in [1.29, 1.82) is 0 Å². The highest BCUT2D eigenvalue weighted by Gasteiger charge is 2.29. The van der Waals surface area contributed by atoms with Gasteiger partial charge in [-0.2, -0.15) is 5.10 Å². The molecule has 0 saturated heterocycles. The molecule has 1 aliphatic rings. The molecule has 1 aromatic heterocycles. The van der Waals surface area contributed by atoms with Gasteiger partial charge >= 0.3 is 0 Å². The molecular weight excluding hydrogens is 578 g/mol. The molecule has 2 aromatic rings. The van der Waals surface area contributed by atoms with E-state index in [0.29, 0.717) is 68.5 Å². The van der Waals surface area contributed by atoms with E-state index < -0.39 is 12.1 Å². The summed E-state index contributed by atoms with van der Waals surface area (Å²) in [5, 5.41) is 13.5. The highest BCUT2D eigenvalue weighted by Crippen LogP contribution is 2.28. The summed E-state index contributed by atoms with van der Waals surface area (Å²) in [4.78, 5) is 58.8. The molecule has 0 unspecified atom stereocenters. The monoisotopic (exact) mass is 627 g/mol. The zero-order valence-corrected chi connectivity index (χ0v) is 27.6. The Labute approximate surface area is 265 Å². The number of nitrogens with zero attached hydrogens (tertiary/aromatic N) is 4. The van der Waals surface area contributed by atoms with Crippen LogP contribution in [0.4, 0.5) is 0 Å². The molecule has 1 aromatic carbocycles. The van der Waals surface area contributed by atoms with Crippen molar-refractivity contribution >= 4 is 23.6 Å². The molecule has 0 aliphatic carbocycles. The number of hydrogen-bond donors (Lipinski definition) is 3. The van der Waals surface area contributed by atoms with Crippen LogP contribution in [-0.4, -0.2) is 83.2 Å². The number of methoxy groups -OCH3 is 2. The van der Waals surface area contributed by atoms with Gasteiger partial charge in [0, 0.05) is 38.4 Å². The SMILES string of the molecule is CC[C@H](C)[C@@H]1NC(=O)CCCN(C(=O)C(C)C)CCCNC(=O)Cn2nc(Cc3ccc(OC)c(OC)c3)nc2[C@@H](C)NC1=O. The maximum absolute atomic E-state index is 13.5. The molecule has 1 aliphatic heterocycles. The number of carbonyl (C=O) groups is 4. The van der Waals surface area contributed by atoms with Gasteiger partial charge in [0.15, 0.2) is 17.3 Å². The van der Waals surface area contributed by atoms with E-state index in [2.05, 4.69) is 21.0 Å². The topological polar surface area (TPSA) is 157 Å². The van der Waals surface area contributed by atoms with Gasteiger partial charge in [-0.05, 0) is 43.4 Å². The number of rotatable bonds is 7. The Kier molecular flexibility index (Phi) is 13.2. The van der Waals surface area contributed by atoms with Gasteiger partial charge in [0.05, 0.1) is 20.3 Å². The Hall–Kier alpha value is -4.16. The lowest BCUT2D eigenvalue weighted by Gasteiger charge is -2.27. The van der Waals surface area contributed by atoms with Crippen molar-refractivity contribution in [1.82, 2.24) is 35.6 Å². The van der Waals surface area contributed by atoms with Crippen LogP contribution in [0.2, 0.25) is 0 Å². The summed E-state index contributed by atoms with van der Waals surface area (Å²) in [7, 11) is 3.13. The Morgan fingerprint density at radius 1 is 1.02 bits per heavy atom. The Morgan fingerprint density at radius 2 is 1.73 bits per heavy atom. The van der Waals surface area contributed by atoms with Gasteiger partial charge in [0.25, 0.3) is 0 Å². The van der Waals surface area contributed by atoms with Crippen LogP contribution in [0.1, 0.15) is 83.6 Å². The van der Waals surface area contributed by atoms with Crippen LogP contribution in [0.15, 0.2) is 18.2 Å². The van der Waals surface area contributed by atoms with Gasteiger partial charge in [0.1, 0.15) is 18.4 Å². The van der Waals surface area contributed by atoms with Gasteiger partial charge in [0.2, 0.25) is 23.6 Å². The van der Waals surface area contributed by atoms with Crippen molar-refractivity contribution in [3.05, 3.63) is 35.4 Å². The van der Waals surface area contributed by atoms with Gasteiger partial charge in [-0.25, -0.2) is 9.67 Å². The van der Waals surface area contributed by atoms with E-state index in [4.69, 9.17) is 14.5 Å². The maximum atomic E-state index is 13.5. The third-order valence-electron chi connectivity index (χ3n) is 7.97. The zero-order valence-electron chi connectivity index (χ0n) is 27.6. The summed E-state index contributed by atoms with van der Waals surface area (Å²) < 4.78 is 12.3. The van der Waals surface area contributed by atoms with E-state index in [0.717, 1.165) is 5.56 Å². The molecule has 13 nitrogen and oxygen atoms in total. The smallest absolute Gasteiger partial charge is 0.243 e. The maximum Gasteiger partial charge on any atom is 0.243 e. The van der Waals surface area contributed by atoms with Crippen molar-refractivity contribution in [2.24, 2.45) is 11.8 Å². The first-order chi connectivity index (χ1) is 21.5. The molecule has 0 radical (unpaired) electrons. The van der Waals surface area contributed by atoms with Crippen molar-refractivity contribution in [3.8, 4) is 11.5 Å². The van der Waals surface area contributed by atoms with Crippen molar-refractivity contribution in [2.75, 3.05) is 33.9 Å². The van der Waals surface area contributed by atoms with E-state index in [-0.39, 0.29) is 48.4 Å². The number of ether oxygens (including phenoxy) is 2. The number of benzene rings is 1. The van der Waals surface area contributed by atoms with E-state index in [1.54, 1.807) is 32.1 Å². The van der Waals surface area contributed by atoms with Gasteiger partial charge in [-0.3, -0.25) is 19.2 Å². The minimum Gasteiger partial charge on any atom is -0.493 e. The fraction of sp³-hybridized carbons (Fsp3) is 0.625. The summed E-state index contributed by atoms with van der Waals surface area (Å²) in [6.45, 7) is 10.5. The van der Waals surface area contributed by atoms with E-state index in [1.807, 2.05) is 39.8 Å². The van der Waals surface area contributed by atoms with E-state index >= 15 is 0 Å². The molecule has 248 valence electrons. The van der Waals surface area contributed by atoms with Crippen LogP contribution in [0.25, 0.3) is 0 Å². The third-order valence-corrected chi connectivity index (χ3v) is 7.97. The van der Waals surface area contributed by atoms with Crippen molar-refractivity contribution < 1.29 is 28.7 Å². The molecule has 0 bridgehead atoms. The van der Waals surface area contributed by atoms with Crippen LogP contribution in [0.5, 0.6) is 11.5 Å². The lowest BCUT2D eigenvalue weighted by molar-refractivity contribution is -0.135. The highest BCUT2D eigenvalue weighted by atomic mass is 16.5. The number of hydrogen-bond acceptors (Lipinski definition) is 8. The van der Waals surface area contributed by atoms with Gasteiger partial charge in [-0.15, -0.1) is 0 Å². The van der Waals surface area contributed by atoms with Crippen LogP contribution < -0.4 is 25.4 Å². The van der Waals surface area contributed by atoms with Crippen LogP contribution in [-0.2, 0) is 32.1 Å². The third kappa shape index (κ3) is 9.92. The Bertz CT molecular complexity index is 1330. The quantitative estimate of drug-likeness (QED) is 0.423. The highest BCUT2D eigenvalue weighted by molar-refractivity contribution is 5.88. The molecule has 45 heavy (non-hydrogen) atoms. The second-order valence-electron chi connectivity index (χ2n) is 11.9. The first kappa shape index (κ1) is 35.3. The van der Waals surface area contributed by atoms with Gasteiger partial charge in [-0.1, -0.05) is 40.2 Å². The first-order valence-corrected chi connectivity index (χ1v) is 15.8. The molecule has 13 heteroatoms.